The van der Waals surface area contributed by atoms with E-state index in [0.717, 1.165) is 37.2 Å². The Balaban J connectivity index is 1.59. The topological polar surface area (TPSA) is 87.5 Å². The molecule has 2 aromatic heterocycles. The first-order valence-corrected chi connectivity index (χ1v) is 13.8. The molecule has 0 spiro atoms. The summed E-state index contributed by atoms with van der Waals surface area (Å²) in [6.45, 7) is 4.94. The van der Waals surface area contributed by atoms with E-state index in [1.54, 1.807) is 24.4 Å². The Kier molecular flexibility index (Phi) is 8.32. The van der Waals surface area contributed by atoms with Gasteiger partial charge in [-0.25, -0.2) is 9.97 Å². The number of para-hydroxylation sites is 1. The van der Waals surface area contributed by atoms with Gasteiger partial charge in [0.1, 0.15) is 11.3 Å². The zero-order valence-electron chi connectivity index (χ0n) is 24.5. The molecule has 1 amide bonds. The van der Waals surface area contributed by atoms with Crippen molar-refractivity contribution < 1.29 is 22.7 Å². The number of ether oxygens (including phenoxy) is 1. The minimum atomic E-state index is -4.67. The standard InChI is InChI=1S/C31H34F3N7O2/c1-6-28(42)36-23-15-24(27(43-5)16-26(23)40(4)14-13-39(2)3)37-30-35-17-22(31(32,33)34)29(38-30)21-18-41(19-11-12-19)25-10-8-7-9-20(21)25/h6-10,15-19H,1,11-14H2,2-5H3,(H,36,42)(H,35,37,38). The summed E-state index contributed by atoms with van der Waals surface area (Å²) in [5, 5.41) is 6.52. The number of carbonyl (C=O) groups is 1. The van der Waals surface area contributed by atoms with Crippen molar-refractivity contribution in [2.45, 2.75) is 25.1 Å². The smallest absolute Gasteiger partial charge is 0.419 e. The predicted molar refractivity (Wildman–Crippen MR) is 163 cm³/mol. The van der Waals surface area contributed by atoms with E-state index in [1.807, 2.05) is 53.7 Å². The number of anilines is 4. The van der Waals surface area contributed by atoms with Crippen LogP contribution in [0.5, 0.6) is 5.75 Å². The maximum atomic E-state index is 14.2. The van der Waals surface area contributed by atoms with Crippen molar-refractivity contribution in [2.24, 2.45) is 0 Å². The molecule has 1 aliphatic carbocycles. The van der Waals surface area contributed by atoms with Crippen LogP contribution in [-0.2, 0) is 11.0 Å². The van der Waals surface area contributed by atoms with Crippen LogP contribution in [0, 0.1) is 0 Å². The van der Waals surface area contributed by atoms with Crippen molar-refractivity contribution in [2.75, 3.05) is 56.9 Å². The number of aromatic nitrogens is 3. The third-order valence-corrected chi connectivity index (χ3v) is 7.33. The first-order valence-electron chi connectivity index (χ1n) is 13.8. The molecule has 0 aliphatic heterocycles. The van der Waals surface area contributed by atoms with Crippen molar-refractivity contribution in [3.63, 3.8) is 0 Å². The molecule has 2 heterocycles. The highest BCUT2D eigenvalue weighted by Gasteiger charge is 2.37. The van der Waals surface area contributed by atoms with Gasteiger partial charge >= 0.3 is 6.18 Å². The maximum absolute atomic E-state index is 14.2. The summed E-state index contributed by atoms with van der Waals surface area (Å²) < 4.78 is 50.4. The lowest BCUT2D eigenvalue weighted by atomic mass is 10.1. The maximum Gasteiger partial charge on any atom is 0.419 e. The molecule has 0 bridgehead atoms. The molecular formula is C31H34F3N7O2. The summed E-state index contributed by atoms with van der Waals surface area (Å²) in [6, 6.07) is 11.0. The number of hydrogen-bond acceptors (Lipinski definition) is 7. The van der Waals surface area contributed by atoms with E-state index in [9.17, 15) is 18.0 Å². The number of amides is 1. The largest absolute Gasteiger partial charge is 0.494 e. The number of benzene rings is 2. The number of likely N-dealkylation sites (N-methyl/N-ethyl adjacent to an activating group) is 2. The molecule has 4 aromatic rings. The Morgan fingerprint density at radius 1 is 1.16 bits per heavy atom. The Morgan fingerprint density at radius 2 is 1.91 bits per heavy atom. The highest BCUT2D eigenvalue weighted by molar-refractivity contribution is 6.02. The first kappa shape index (κ1) is 29.9. The van der Waals surface area contributed by atoms with Gasteiger partial charge in [0.25, 0.3) is 0 Å². The molecule has 12 heteroatoms. The fourth-order valence-electron chi connectivity index (χ4n) is 4.93. The van der Waals surface area contributed by atoms with Crippen LogP contribution in [0.3, 0.4) is 0 Å². The van der Waals surface area contributed by atoms with Gasteiger partial charge in [0.2, 0.25) is 11.9 Å². The Morgan fingerprint density at radius 3 is 2.56 bits per heavy atom. The number of methoxy groups -OCH3 is 1. The average Bonchev–Trinajstić information content (AvgIpc) is 3.75. The highest BCUT2D eigenvalue weighted by atomic mass is 19.4. The molecule has 5 rings (SSSR count). The second-order valence-corrected chi connectivity index (χ2v) is 10.8. The fourth-order valence-corrected chi connectivity index (χ4v) is 4.93. The summed E-state index contributed by atoms with van der Waals surface area (Å²) in [5.41, 5.74) is 1.58. The lowest BCUT2D eigenvalue weighted by Crippen LogP contribution is -2.29. The normalized spacial score (nSPS) is 13.3. The van der Waals surface area contributed by atoms with Crippen LogP contribution in [0.4, 0.5) is 36.2 Å². The molecule has 2 aromatic carbocycles. The van der Waals surface area contributed by atoms with Crippen molar-refractivity contribution in [3.05, 3.63) is 67.0 Å². The van der Waals surface area contributed by atoms with Gasteiger partial charge in [-0.15, -0.1) is 0 Å². The SMILES string of the molecule is C=CC(=O)Nc1cc(Nc2ncc(C(F)(F)F)c(-c3cn(C4CC4)c4ccccc34)n2)c(OC)cc1N(C)CCN(C)C. The van der Waals surface area contributed by atoms with Crippen LogP contribution in [-0.4, -0.2) is 66.7 Å². The van der Waals surface area contributed by atoms with Crippen molar-refractivity contribution in [3.8, 4) is 17.0 Å². The second-order valence-electron chi connectivity index (χ2n) is 10.8. The molecule has 0 saturated heterocycles. The summed E-state index contributed by atoms with van der Waals surface area (Å²) in [6.07, 6.45) is 0.993. The predicted octanol–water partition coefficient (Wildman–Crippen LogP) is 6.33. The van der Waals surface area contributed by atoms with Crippen molar-refractivity contribution in [1.29, 1.82) is 0 Å². The Labute approximate surface area is 248 Å². The molecule has 2 N–H and O–H groups in total. The van der Waals surface area contributed by atoms with E-state index in [1.165, 1.54) is 7.11 Å². The Hall–Kier alpha value is -4.58. The molecule has 1 saturated carbocycles. The minimum absolute atomic E-state index is 0.0562. The molecule has 9 nitrogen and oxygen atoms in total. The van der Waals surface area contributed by atoms with Crippen LogP contribution >= 0.6 is 0 Å². The molecule has 1 aliphatic rings. The summed E-state index contributed by atoms with van der Waals surface area (Å²) in [7, 11) is 7.30. The summed E-state index contributed by atoms with van der Waals surface area (Å²) in [4.78, 5) is 24.7. The molecule has 0 atom stereocenters. The fraction of sp³-hybridized carbons (Fsp3) is 0.323. The number of carbonyl (C=O) groups excluding carboxylic acids is 1. The van der Waals surface area contributed by atoms with E-state index in [-0.39, 0.29) is 17.7 Å². The van der Waals surface area contributed by atoms with Gasteiger partial charge in [0.05, 0.1) is 29.9 Å². The van der Waals surface area contributed by atoms with E-state index in [2.05, 4.69) is 27.2 Å². The number of rotatable bonds is 11. The van der Waals surface area contributed by atoms with E-state index in [0.29, 0.717) is 40.3 Å². The zero-order valence-corrected chi connectivity index (χ0v) is 24.5. The van der Waals surface area contributed by atoms with E-state index in [4.69, 9.17) is 4.74 Å². The average molecular weight is 594 g/mol. The molecule has 43 heavy (non-hydrogen) atoms. The number of fused-ring (bicyclic) bond motifs is 1. The van der Waals surface area contributed by atoms with Crippen LogP contribution in [0.15, 0.2) is 61.4 Å². The zero-order chi connectivity index (χ0) is 30.9. The van der Waals surface area contributed by atoms with Crippen LogP contribution in [0.2, 0.25) is 0 Å². The highest BCUT2D eigenvalue weighted by Crippen LogP contribution is 2.44. The van der Waals surface area contributed by atoms with Crippen LogP contribution in [0.25, 0.3) is 22.2 Å². The van der Waals surface area contributed by atoms with Gasteiger partial charge in [-0.2, -0.15) is 13.2 Å². The van der Waals surface area contributed by atoms with Gasteiger partial charge in [-0.05, 0) is 45.1 Å². The quantitative estimate of drug-likeness (QED) is 0.197. The number of alkyl halides is 3. The van der Waals surface area contributed by atoms with Gasteiger partial charge in [-0.3, -0.25) is 4.79 Å². The van der Waals surface area contributed by atoms with E-state index < -0.39 is 17.6 Å². The lowest BCUT2D eigenvalue weighted by Gasteiger charge is -2.26. The van der Waals surface area contributed by atoms with Crippen LogP contribution in [0.1, 0.15) is 24.4 Å². The molecule has 0 radical (unpaired) electrons. The summed E-state index contributed by atoms with van der Waals surface area (Å²) >= 11 is 0. The molecule has 0 unspecified atom stereocenters. The van der Waals surface area contributed by atoms with Crippen molar-refractivity contribution in [1.82, 2.24) is 19.4 Å². The lowest BCUT2D eigenvalue weighted by molar-refractivity contribution is -0.137. The monoisotopic (exact) mass is 593 g/mol. The van der Waals surface area contributed by atoms with Crippen LogP contribution < -0.4 is 20.3 Å². The number of hydrogen-bond donors (Lipinski definition) is 2. The minimum Gasteiger partial charge on any atom is -0.494 e. The number of halogens is 3. The third-order valence-electron chi connectivity index (χ3n) is 7.33. The van der Waals surface area contributed by atoms with Gasteiger partial charge in [0.15, 0.2) is 0 Å². The van der Waals surface area contributed by atoms with Crippen molar-refractivity contribution >= 4 is 39.8 Å². The first-order chi connectivity index (χ1) is 20.5. The molecule has 1 fully saturated rings. The third kappa shape index (κ3) is 6.43. The second kappa shape index (κ2) is 12.0. The molecule has 226 valence electrons. The number of nitrogens with zero attached hydrogens (tertiary/aromatic N) is 5. The summed E-state index contributed by atoms with van der Waals surface area (Å²) in [5.74, 6) is -0.0866. The Bertz CT molecular complexity index is 1660. The van der Waals surface area contributed by atoms with Gasteiger partial charge < -0.3 is 29.7 Å². The van der Waals surface area contributed by atoms with E-state index >= 15 is 0 Å². The van der Waals surface area contributed by atoms with Gasteiger partial charge in [0, 0.05) is 61.1 Å². The molecular weight excluding hydrogens is 559 g/mol. The van der Waals surface area contributed by atoms with Gasteiger partial charge in [-0.1, -0.05) is 24.8 Å². The number of nitrogens with one attached hydrogen (secondary N) is 2.